The van der Waals surface area contributed by atoms with E-state index >= 15 is 0 Å². The first-order chi connectivity index (χ1) is 10.4. The molecule has 1 saturated heterocycles. The molecule has 122 valence electrons. The zero-order chi connectivity index (χ0) is 16.0. The summed E-state index contributed by atoms with van der Waals surface area (Å²) >= 11 is 1.57. The van der Waals surface area contributed by atoms with Gasteiger partial charge >= 0.3 is 5.97 Å². The fourth-order valence-corrected chi connectivity index (χ4v) is 5.42. The third-order valence-corrected chi connectivity index (χ3v) is 6.03. The van der Waals surface area contributed by atoms with Crippen molar-refractivity contribution in [2.75, 3.05) is 18.9 Å². The summed E-state index contributed by atoms with van der Waals surface area (Å²) in [5.41, 5.74) is 8.13. The largest absolute Gasteiger partial charge is 0.462 e. The Hall–Kier alpha value is -1.07. The molecule has 4 nitrogen and oxygen atoms in total. The molecular weight excluding hydrogens is 298 g/mol. The highest BCUT2D eigenvalue weighted by atomic mass is 32.1. The van der Waals surface area contributed by atoms with E-state index in [0.29, 0.717) is 22.6 Å². The lowest BCUT2D eigenvalue weighted by Crippen LogP contribution is -2.44. The average Bonchev–Trinajstić information content (AvgIpc) is 2.72. The summed E-state index contributed by atoms with van der Waals surface area (Å²) in [6, 6.07) is 0. The van der Waals surface area contributed by atoms with Crippen LogP contribution in [0.1, 0.15) is 60.8 Å². The van der Waals surface area contributed by atoms with Crippen LogP contribution in [0.25, 0.3) is 0 Å². The van der Waals surface area contributed by atoms with Gasteiger partial charge in [-0.2, -0.15) is 0 Å². The van der Waals surface area contributed by atoms with E-state index in [4.69, 9.17) is 15.2 Å². The first kappa shape index (κ1) is 15.8. The van der Waals surface area contributed by atoms with Crippen LogP contribution in [0.3, 0.4) is 0 Å². The Morgan fingerprint density at radius 1 is 1.41 bits per heavy atom. The molecule has 0 saturated carbocycles. The number of rotatable bonds is 2. The molecule has 22 heavy (non-hydrogen) atoms. The molecule has 1 spiro atoms. The number of esters is 1. The first-order valence-electron chi connectivity index (χ1n) is 8.07. The summed E-state index contributed by atoms with van der Waals surface area (Å²) in [7, 11) is 0. The van der Waals surface area contributed by atoms with Gasteiger partial charge in [0.25, 0.3) is 0 Å². The van der Waals surface area contributed by atoms with E-state index in [1.807, 2.05) is 6.92 Å². The van der Waals surface area contributed by atoms with E-state index in [9.17, 15) is 4.79 Å². The molecule has 2 heterocycles. The highest BCUT2D eigenvalue weighted by Gasteiger charge is 2.44. The Balaban J connectivity index is 1.88. The first-order valence-corrected chi connectivity index (χ1v) is 8.89. The van der Waals surface area contributed by atoms with E-state index < -0.39 is 0 Å². The maximum Gasteiger partial charge on any atom is 0.341 e. The SMILES string of the molecule is CCOC(=O)c1c(N)sc2c1CC[C@@]1(CCOC(C)(C)C1)C2. The summed E-state index contributed by atoms with van der Waals surface area (Å²) in [6.45, 7) is 7.39. The predicted octanol–water partition coefficient (Wildman–Crippen LogP) is 3.57. The van der Waals surface area contributed by atoms with Crippen molar-refractivity contribution in [3.63, 3.8) is 0 Å². The van der Waals surface area contributed by atoms with Crippen LogP contribution in [0.2, 0.25) is 0 Å². The van der Waals surface area contributed by atoms with Gasteiger partial charge in [-0.25, -0.2) is 4.79 Å². The Bertz CT molecular complexity index is 593. The van der Waals surface area contributed by atoms with Crippen LogP contribution in [0.4, 0.5) is 5.00 Å². The molecule has 0 radical (unpaired) electrons. The van der Waals surface area contributed by atoms with Crippen molar-refractivity contribution in [3.8, 4) is 0 Å². The molecule has 2 aliphatic rings. The topological polar surface area (TPSA) is 61.5 Å². The Labute approximate surface area is 136 Å². The quantitative estimate of drug-likeness (QED) is 0.845. The van der Waals surface area contributed by atoms with Crippen molar-refractivity contribution >= 4 is 22.3 Å². The number of nitrogen functional groups attached to an aromatic ring is 1. The number of hydrogen-bond acceptors (Lipinski definition) is 5. The maximum atomic E-state index is 12.2. The zero-order valence-electron chi connectivity index (χ0n) is 13.7. The lowest BCUT2D eigenvalue weighted by atomic mass is 9.65. The fourth-order valence-electron chi connectivity index (χ4n) is 4.14. The van der Waals surface area contributed by atoms with E-state index in [1.54, 1.807) is 11.3 Å². The van der Waals surface area contributed by atoms with Crippen molar-refractivity contribution in [1.29, 1.82) is 0 Å². The van der Waals surface area contributed by atoms with Crippen molar-refractivity contribution in [2.24, 2.45) is 5.41 Å². The maximum absolute atomic E-state index is 12.2. The van der Waals surface area contributed by atoms with Crippen LogP contribution in [0, 0.1) is 5.41 Å². The molecule has 1 aliphatic heterocycles. The van der Waals surface area contributed by atoms with Crippen LogP contribution in [-0.4, -0.2) is 24.8 Å². The molecule has 0 bridgehead atoms. The van der Waals surface area contributed by atoms with Crippen LogP contribution < -0.4 is 5.73 Å². The number of ether oxygens (including phenoxy) is 2. The van der Waals surface area contributed by atoms with Gasteiger partial charge in [0, 0.05) is 11.5 Å². The van der Waals surface area contributed by atoms with Gasteiger partial charge in [0.2, 0.25) is 0 Å². The van der Waals surface area contributed by atoms with Gasteiger partial charge in [-0.1, -0.05) is 0 Å². The third-order valence-electron chi connectivity index (χ3n) is 4.96. The number of hydrogen-bond donors (Lipinski definition) is 1. The second-order valence-corrected chi connectivity index (χ2v) is 8.31. The van der Waals surface area contributed by atoms with Gasteiger partial charge < -0.3 is 15.2 Å². The predicted molar refractivity (Wildman–Crippen MR) is 88.4 cm³/mol. The molecule has 1 fully saturated rings. The lowest BCUT2D eigenvalue weighted by Gasteiger charge is -2.47. The normalized spacial score (nSPS) is 26.7. The molecule has 5 heteroatoms. The van der Waals surface area contributed by atoms with E-state index in [2.05, 4.69) is 13.8 Å². The van der Waals surface area contributed by atoms with E-state index in [-0.39, 0.29) is 11.6 Å². The molecule has 0 amide bonds. The van der Waals surface area contributed by atoms with Gasteiger partial charge in [-0.05, 0) is 63.9 Å². The van der Waals surface area contributed by atoms with Gasteiger partial charge in [0.15, 0.2) is 0 Å². The lowest BCUT2D eigenvalue weighted by molar-refractivity contribution is -0.108. The second kappa shape index (κ2) is 5.53. The minimum absolute atomic E-state index is 0.0530. The standard InChI is InChI=1S/C17H25NO3S/c1-4-20-15(19)13-11-5-6-17(9-12(11)22-14(13)18)7-8-21-16(2,3)10-17/h4-10,18H2,1-3H3/t17-/m1/s1. The van der Waals surface area contributed by atoms with Crippen molar-refractivity contribution < 1.29 is 14.3 Å². The molecule has 1 aromatic heterocycles. The minimum atomic E-state index is -0.263. The van der Waals surface area contributed by atoms with Gasteiger partial charge in [0.05, 0.1) is 17.8 Å². The Kier molecular flexibility index (Phi) is 3.98. The molecule has 1 aliphatic carbocycles. The summed E-state index contributed by atoms with van der Waals surface area (Å²) in [5, 5.41) is 0.617. The number of anilines is 1. The summed E-state index contributed by atoms with van der Waals surface area (Å²) in [4.78, 5) is 13.4. The number of thiophene rings is 1. The molecule has 3 rings (SSSR count). The number of nitrogens with two attached hydrogens (primary N) is 1. The monoisotopic (exact) mass is 323 g/mol. The third kappa shape index (κ3) is 2.76. The summed E-state index contributed by atoms with van der Waals surface area (Å²) in [5.74, 6) is -0.263. The number of carbonyl (C=O) groups is 1. The van der Waals surface area contributed by atoms with Crippen molar-refractivity contribution in [1.82, 2.24) is 0 Å². The number of fused-ring (bicyclic) bond motifs is 1. The van der Waals surface area contributed by atoms with Crippen LogP contribution in [0.5, 0.6) is 0 Å². The van der Waals surface area contributed by atoms with Crippen molar-refractivity contribution in [2.45, 2.75) is 58.5 Å². The molecule has 0 unspecified atom stereocenters. The summed E-state index contributed by atoms with van der Waals surface area (Å²) in [6.07, 6.45) is 5.22. The van der Waals surface area contributed by atoms with E-state index in [1.165, 1.54) is 4.88 Å². The Morgan fingerprint density at radius 2 is 2.18 bits per heavy atom. The Morgan fingerprint density at radius 3 is 2.86 bits per heavy atom. The minimum Gasteiger partial charge on any atom is -0.462 e. The molecule has 1 aromatic rings. The van der Waals surface area contributed by atoms with Crippen LogP contribution >= 0.6 is 11.3 Å². The highest BCUT2D eigenvalue weighted by molar-refractivity contribution is 7.16. The summed E-state index contributed by atoms with van der Waals surface area (Å²) < 4.78 is 11.1. The molecular formula is C17H25NO3S. The highest BCUT2D eigenvalue weighted by Crippen LogP contribution is 2.50. The van der Waals surface area contributed by atoms with Gasteiger partial charge in [0.1, 0.15) is 5.00 Å². The van der Waals surface area contributed by atoms with Crippen LogP contribution in [-0.2, 0) is 22.3 Å². The average molecular weight is 323 g/mol. The molecule has 1 atom stereocenters. The number of carbonyl (C=O) groups excluding carboxylic acids is 1. The zero-order valence-corrected chi connectivity index (χ0v) is 14.5. The van der Waals surface area contributed by atoms with Crippen LogP contribution in [0.15, 0.2) is 0 Å². The molecule has 0 aromatic carbocycles. The van der Waals surface area contributed by atoms with Gasteiger partial charge in [-0.3, -0.25) is 0 Å². The molecule has 2 N–H and O–H groups in total. The van der Waals surface area contributed by atoms with E-state index in [0.717, 1.165) is 44.3 Å². The fraction of sp³-hybridized carbons (Fsp3) is 0.706. The van der Waals surface area contributed by atoms with Gasteiger partial charge in [-0.15, -0.1) is 11.3 Å². The van der Waals surface area contributed by atoms with Crippen molar-refractivity contribution in [3.05, 3.63) is 16.0 Å². The second-order valence-electron chi connectivity index (χ2n) is 7.18. The smallest absolute Gasteiger partial charge is 0.341 e.